The molecule has 31 heavy (non-hydrogen) atoms. The maximum absolute atomic E-state index is 13.0. The smallest absolute Gasteiger partial charge is 0.338 e. The normalized spacial score (nSPS) is 16.2. The first-order valence-corrected chi connectivity index (χ1v) is 10.7. The average Bonchev–Trinajstić information content (AvgIpc) is 2.74. The van der Waals surface area contributed by atoms with Crippen molar-refractivity contribution in [3.8, 4) is 5.75 Å². The zero-order valence-electron chi connectivity index (χ0n) is 18.2. The Kier molecular flexibility index (Phi) is 7.23. The van der Waals surface area contributed by atoms with Crippen molar-refractivity contribution in [1.29, 1.82) is 0 Å². The molecule has 0 bridgehead atoms. The molecule has 2 aromatic rings. The molecule has 0 radical (unpaired) electrons. The molecule has 0 spiro atoms. The van der Waals surface area contributed by atoms with E-state index in [2.05, 4.69) is 5.32 Å². The molecule has 0 fully saturated rings. The number of nitrogens with one attached hydrogen (secondary N) is 1. The summed E-state index contributed by atoms with van der Waals surface area (Å²) in [7, 11) is 0. The number of ether oxygens (including phenoxy) is 2. The van der Waals surface area contributed by atoms with Crippen molar-refractivity contribution in [2.75, 3.05) is 19.8 Å². The Hall–Kier alpha value is -2.99. The number of nitrogens with zero attached hydrogens (tertiary/aromatic N) is 1. The Bertz CT molecular complexity index is 1020. The molecular weight excluding hydrogens is 416 g/mol. The Morgan fingerprint density at radius 2 is 1.90 bits per heavy atom. The number of carbonyl (C=O) groups excluding carboxylic acids is 2. The van der Waals surface area contributed by atoms with Crippen LogP contribution in [-0.2, 0) is 9.53 Å². The zero-order chi connectivity index (χ0) is 22.5. The van der Waals surface area contributed by atoms with Gasteiger partial charge in [-0.05, 0) is 68.7 Å². The van der Waals surface area contributed by atoms with Crippen molar-refractivity contribution in [3.63, 3.8) is 0 Å². The van der Waals surface area contributed by atoms with Crippen LogP contribution in [-0.4, -0.2) is 36.7 Å². The Balaban J connectivity index is 2.06. The summed E-state index contributed by atoms with van der Waals surface area (Å²) in [4.78, 5) is 27.4. The number of esters is 1. The number of hydrogen-bond acceptors (Lipinski definition) is 4. The van der Waals surface area contributed by atoms with E-state index in [0.717, 1.165) is 11.1 Å². The Morgan fingerprint density at radius 3 is 2.55 bits per heavy atom. The summed E-state index contributed by atoms with van der Waals surface area (Å²) in [6.45, 7) is 8.27. The fourth-order valence-corrected chi connectivity index (χ4v) is 3.73. The van der Waals surface area contributed by atoms with Crippen LogP contribution in [0.2, 0.25) is 5.02 Å². The third kappa shape index (κ3) is 5.02. The molecule has 7 heteroatoms. The Morgan fingerprint density at radius 1 is 1.13 bits per heavy atom. The number of amides is 2. The summed E-state index contributed by atoms with van der Waals surface area (Å²) in [5.74, 6) is 0.171. The molecule has 0 aliphatic carbocycles. The predicted molar refractivity (Wildman–Crippen MR) is 120 cm³/mol. The van der Waals surface area contributed by atoms with Gasteiger partial charge in [0, 0.05) is 11.6 Å². The van der Waals surface area contributed by atoms with Crippen molar-refractivity contribution in [2.24, 2.45) is 0 Å². The van der Waals surface area contributed by atoms with Gasteiger partial charge in [-0.15, -0.1) is 0 Å². The predicted octanol–water partition coefficient (Wildman–Crippen LogP) is 4.94. The second kappa shape index (κ2) is 9.88. The lowest BCUT2D eigenvalue weighted by molar-refractivity contribution is -0.139. The van der Waals surface area contributed by atoms with E-state index < -0.39 is 12.0 Å². The van der Waals surface area contributed by atoms with Gasteiger partial charge < -0.3 is 14.8 Å². The Labute approximate surface area is 187 Å². The van der Waals surface area contributed by atoms with Crippen LogP contribution in [0.3, 0.4) is 0 Å². The molecule has 3 rings (SSSR count). The van der Waals surface area contributed by atoms with E-state index in [4.69, 9.17) is 21.1 Å². The average molecular weight is 443 g/mol. The minimum Gasteiger partial charge on any atom is -0.487 e. The van der Waals surface area contributed by atoms with E-state index in [-0.39, 0.29) is 19.2 Å². The minimum absolute atomic E-state index is 0.0506. The van der Waals surface area contributed by atoms with Crippen LogP contribution in [0.1, 0.15) is 36.6 Å². The van der Waals surface area contributed by atoms with Gasteiger partial charge in [-0.2, -0.15) is 0 Å². The molecule has 0 unspecified atom stereocenters. The lowest BCUT2D eigenvalue weighted by Crippen LogP contribution is -2.49. The number of hydrogen-bond donors (Lipinski definition) is 1. The molecule has 6 nitrogen and oxygen atoms in total. The summed E-state index contributed by atoms with van der Waals surface area (Å²) in [5, 5.41) is 3.42. The van der Waals surface area contributed by atoms with Crippen molar-refractivity contribution < 1.29 is 19.1 Å². The zero-order valence-corrected chi connectivity index (χ0v) is 19.0. The van der Waals surface area contributed by atoms with E-state index in [1.54, 1.807) is 25.1 Å². The molecule has 0 saturated carbocycles. The van der Waals surface area contributed by atoms with Gasteiger partial charge in [-0.3, -0.25) is 4.90 Å². The van der Waals surface area contributed by atoms with Crippen LogP contribution >= 0.6 is 11.6 Å². The number of halogens is 1. The topological polar surface area (TPSA) is 67.9 Å². The maximum Gasteiger partial charge on any atom is 0.338 e. The molecular formula is C24H27ClN2O4. The SMILES string of the molecule is CCOC(=O)C1=C(COc2ccc(C)c(C)c2)N(CC)C(=O)N[C@@H]1c1cccc(Cl)c1. The van der Waals surface area contributed by atoms with Crippen molar-refractivity contribution >= 4 is 23.6 Å². The number of urea groups is 1. The van der Waals surface area contributed by atoms with Crippen LogP contribution in [0.4, 0.5) is 4.79 Å². The number of likely N-dealkylation sites (N-methyl/N-ethyl adjacent to an activating group) is 1. The highest BCUT2D eigenvalue weighted by molar-refractivity contribution is 6.30. The van der Waals surface area contributed by atoms with Crippen molar-refractivity contribution in [1.82, 2.24) is 10.2 Å². The van der Waals surface area contributed by atoms with Gasteiger partial charge in [0.15, 0.2) is 0 Å². The highest BCUT2D eigenvalue weighted by atomic mass is 35.5. The van der Waals surface area contributed by atoms with Crippen LogP contribution in [0.5, 0.6) is 5.75 Å². The lowest BCUT2D eigenvalue weighted by Gasteiger charge is -2.36. The molecule has 2 amide bonds. The van der Waals surface area contributed by atoms with Crippen LogP contribution in [0, 0.1) is 13.8 Å². The molecule has 0 aromatic heterocycles. The van der Waals surface area contributed by atoms with E-state index in [0.29, 0.717) is 34.2 Å². The summed E-state index contributed by atoms with van der Waals surface area (Å²) in [5.41, 5.74) is 3.78. The van der Waals surface area contributed by atoms with Gasteiger partial charge in [0.2, 0.25) is 0 Å². The van der Waals surface area contributed by atoms with Gasteiger partial charge in [0.05, 0.1) is 23.9 Å². The molecule has 1 aliphatic rings. The molecule has 1 atom stereocenters. The minimum atomic E-state index is -0.689. The quantitative estimate of drug-likeness (QED) is 0.617. The molecule has 0 saturated heterocycles. The van der Waals surface area contributed by atoms with Gasteiger partial charge in [0.25, 0.3) is 0 Å². The van der Waals surface area contributed by atoms with Crippen molar-refractivity contribution in [3.05, 3.63) is 75.4 Å². The van der Waals surface area contributed by atoms with E-state index >= 15 is 0 Å². The number of rotatable bonds is 7. The van der Waals surface area contributed by atoms with Crippen LogP contribution in [0.15, 0.2) is 53.7 Å². The van der Waals surface area contributed by atoms with E-state index in [1.165, 1.54) is 4.90 Å². The van der Waals surface area contributed by atoms with E-state index in [9.17, 15) is 9.59 Å². The lowest BCUT2D eigenvalue weighted by atomic mass is 9.94. The van der Waals surface area contributed by atoms with Gasteiger partial charge in [-0.25, -0.2) is 9.59 Å². The highest BCUT2D eigenvalue weighted by Crippen LogP contribution is 2.33. The second-order valence-corrected chi connectivity index (χ2v) is 7.73. The molecule has 1 N–H and O–H groups in total. The summed E-state index contributed by atoms with van der Waals surface area (Å²) in [6.07, 6.45) is 0. The van der Waals surface area contributed by atoms with Gasteiger partial charge in [0.1, 0.15) is 12.4 Å². The largest absolute Gasteiger partial charge is 0.487 e. The third-order valence-corrected chi connectivity index (χ3v) is 5.52. The fraction of sp³-hybridized carbons (Fsp3) is 0.333. The molecule has 1 aliphatic heterocycles. The summed E-state index contributed by atoms with van der Waals surface area (Å²) < 4.78 is 11.4. The maximum atomic E-state index is 13.0. The van der Waals surface area contributed by atoms with Crippen LogP contribution < -0.4 is 10.1 Å². The van der Waals surface area contributed by atoms with Gasteiger partial charge in [-0.1, -0.05) is 29.8 Å². The standard InChI is InChI=1S/C24H27ClN2O4/c1-5-27-20(14-31-19-11-10-15(3)16(4)12-19)21(23(28)30-6-2)22(26-24(27)29)17-8-7-9-18(25)13-17/h7-13,22H,5-6,14H2,1-4H3,(H,26,29)/t22-/m1/s1. The van der Waals surface area contributed by atoms with Crippen LogP contribution in [0.25, 0.3) is 0 Å². The summed E-state index contributed by atoms with van der Waals surface area (Å²) >= 11 is 6.17. The van der Waals surface area contributed by atoms with Gasteiger partial charge >= 0.3 is 12.0 Å². The number of benzene rings is 2. The fourth-order valence-electron chi connectivity index (χ4n) is 3.53. The third-order valence-electron chi connectivity index (χ3n) is 5.29. The second-order valence-electron chi connectivity index (χ2n) is 7.30. The monoisotopic (exact) mass is 442 g/mol. The molecule has 1 heterocycles. The number of aryl methyl sites for hydroxylation is 2. The first kappa shape index (κ1) is 22.7. The first-order chi connectivity index (χ1) is 14.8. The first-order valence-electron chi connectivity index (χ1n) is 10.3. The summed E-state index contributed by atoms with van der Waals surface area (Å²) in [6, 6.07) is 11.9. The highest BCUT2D eigenvalue weighted by Gasteiger charge is 2.38. The van der Waals surface area contributed by atoms with E-state index in [1.807, 2.05) is 45.0 Å². The number of carbonyl (C=O) groups is 2. The molecule has 164 valence electrons. The van der Waals surface area contributed by atoms with Crippen molar-refractivity contribution in [2.45, 2.75) is 33.7 Å². The molecule has 2 aromatic carbocycles.